The third-order valence-electron chi connectivity index (χ3n) is 2.29. The number of nitrogens with two attached hydrogens (primary N) is 1. The maximum atomic E-state index is 12.1. The van der Waals surface area contributed by atoms with Crippen LogP contribution in [0.2, 0.25) is 0 Å². The lowest BCUT2D eigenvalue weighted by molar-refractivity contribution is 0.0684. The van der Waals surface area contributed by atoms with E-state index >= 15 is 0 Å². The second kappa shape index (κ2) is 6.58. The second-order valence-electron chi connectivity index (χ2n) is 3.45. The molecule has 1 aromatic rings. The van der Waals surface area contributed by atoms with Crippen LogP contribution in [0.25, 0.3) is 0 Å². The smallest absolute Gasteiger partial charge is 0.255 e. The highest BCUT2D eigenvalue weighted by Gasteiger charge is 2.18. The molecule has 0 aliphatic rings. The maximum Gasteiger partial charge on any atom is 0.255 e. The Morgan fingerprint density at radius 1 is 1.29 bits per heavy atom. The fourth-order valence-electron chi connectivity index (χ4n) is 1.44. The van der Waals surface area contributed by atoms with Crippen LogP contribution in [0.1, 0.15) is 10.4 Å². The van der Waals surface area contributed by atoms with E-state index in [4.69, 9.17) is 15.9 Å². The van der Waals surface area contributed by atoms with Crippen LogP contribution in [0.5, 0.6) is 0 Å². The topological polar surface area (TPSA) is 86.8 Å². The molecule has 0 unspecified atom stereocenters. The molecule has 17 heavy (non-hydrogen) atoms. The molecule has 1 amide bonds. The third-order valence-corrected chi connectivity index (χ3v) is 3.17. The Hall–Kier alpha value is -1.11. The molecule has 0 saturated carbocycles. The molecule has 0 spiro atoms. The summed E-state index contributed by atoms with van der Waals surface area (Å²) in [5, 5.41) is 17.7. The monoisotopic (exact) mass is 302 g/mol. The zero-order valence-corrected chi connectivity index (χ0v) is 10.9. The summed E-state index contributed by atoms with van der Waals surface area (Å²) < 4.78 is 0.533. The molecule has 0 atom stereocenters. The Kier molecular flexibility index (Phi) is 5.40. The Bertz CT molecular complexity index is 392. The number of nitrogen functional groups attached to an aromatic ring is 1. The summed E-state index contributed by atoms with van der Waals surface area (Å²) in [4.78, 5) is 13.5. The Morgan fingerprint density at radius 3 is 2.41 bits per heavy atom. The molecule has 4 N–H and O–H groups in total. The lowest BCUT2D eigenvalue weighted by atomic mass is 10.1. The van der Waals surface area contributed by atoms with Gasteiger partial charge >= 0.3 is 0 Å². The van der Waals surface area contributed by atoms with Crippen molar-refractivity contribution >= 4 is 27.5 Å². The van der Waals surface area contributed by atoms with Crippen molar-refractivity contribution in [2.75, 3.05) is 32.0 Å². The molecule has 0 aromatic heterocycles. The van der Waals surface area contributed by atoms with Crippen LogP contribution in [-0.2, 0) is 0 Å². The lowest BCUT2D eigenvalue weighted by Crippen LogP contribution is -2.36. The van der Waals surface area contributed by atoms with E-state index < -0.39 is 0 Å². The first-order valence-corrected chi connectivity index (χ1v) is 5.96. The van der Waals surface area contributed by atoms with E-state index in [1.165, 1.54) is 4.90 Å². The molecule has 1 rings (SSSR count). The normalized spacial score (nSPS) is 10.3. The summed E-state index contributed by atoms with van der Waals surface area (Å²) in [5.41, 5.74) is 6.59. The van der Waals surface area contributed by atoms with Gasteiger partial charge in [-0.1, -0.05) is 6.07 Å². The predicted octanol–water partition coefficient (Wildman–Crippen LogP) is 0.458. The van der Waals surface area contributed by atoms with E-state index in [-0.39, 0.29) is 32.2 Å². The SMILES string of the molecule is Nc1cccc(C(=O)N(CCO)CCO)c1Br. The van der Waals surface area contributed by atoms with Gasteiger partial charge in [0.2, 0.25) is 0 Å². The van der Waals surface area contributed by atoms with E-state index in [9.17, 15) is 4.79 Å². The summed E-state index contributed by atoms with van der Waals surface area (Å²) in [5.74, 6) is -0.271. The Labute approximate surface area is 108 Å². The number of rotatable bonds is 5. The molecule has 0 aliphatic heterocycles. The first-order chi connectivity index (χ1) is 8.11. The predicted molar refractivity (Wildman–Crippen MR) is 68.6 cm³/mol. The van der Waals surface area contributed by atoms with Crippen LogP contribution >= 0.6 is 15.9 Å². The number of benzene rings is 1. The molecule has 94 valence electrons. The highest BCUT2D eigenvalue weighted by atomic mass is 79.9. The third kappa shape index (κ3) is 3.42. The number of hydrogen-bond acceptors (Lipinski definition) is 4. The van der Waals surface area contributed by atoms with Crippen LogP contribution in [0.4, 0.5) is 5.69 Å². The van der Waals surface area contributed by atoms with Crippen molar-refractivity contribution in [2.24, 2.45) is 0 Å². The number of nitrogens with zero attached hydrogens (tertiary/aromatic N) is 1. The zero-order valence-electron chi connectivity index (χ0n) is 9.27. The number of halogens is 1. The van der Waals surface area contributed by atoms with Crippen LogP contribution in [-0.4, -0.2) is 47.3 Å². The minimum atomic E-state index is -0.271. The van der Waals surface area contributed by atoms with Crippen molar-refractivity contribution in [3.8, 4) is 0 Å². The van der Waals surface area contributed by atoms with Crippen molar-refractivity contribution in [1.82, 2.24) is 4.90 Å². The van der Waals surface area contributed by atoms with Crippen molar-refractivity contribution in [3.05, 3.63) is 28.2 Å². The highest BCUT2D eigenvalue weighted by Crippen LogP contribution is 2.24. The van der Waals surface area contributed by atoms with E-state index in [1.54, 1.807) is 18.2 Å². The van der Waals surface area contributed by atoms with Gasteiger partial charge in [0, 0.05) is 18.8 Å². The minimum absolute atomic E-state index is 0.147. The molecule has 0 radical (unpaired) electrons. The van der Waals surface area contributed by atoms with Crippen molar-refractivity contribution in [1.29, 1.82) is 0 Å². The average Bonchev–Trinajstić information content (AvgIpc) is 2.31. The number of carbonyl (C=O) groups excluding carboxylic acids is 1. The minimum Gasteiger partial charge on any atom is -0.398 e. The van der Waals surface area contributed by atoms with Gasteiger partial charge in [0.1, 0.15) is 0 Å². The number of aliphatic hydroxyl groups excluding tert-OH is 2. The lowest BCUT2D eigenvalue weighted by Gasteiger charge is -2.21. The molecule has 5 nitrogen and oxygen atoms in total. The molecule has 6 heteroatoms. The van der Waals surface area contributed by atoms with Crippen molar-refractivity contribution < 1.29 is 15.0 Å². The van der Waals surface area contributed by atoms with Gasteiger partial charge in [0.05, 0.1) is 23.2 Å². The van der Waals surface area contributed by atoms with Crippen LogP contribution in [0.15, 0.2) is 22.7 Å². The van der Waals surface area contributed by atoms with E-state index in [2.05, 4.69) is 15.9 Å². The first-order valence-electron chi connectivity index (χ1n) is 5.16. The Balaban J connectivity index is 2.96. The molecular formula is C11H15BrN2O3. The zero-order chi connectivity index (χ0) is 12.8. The van der Waals surface area contributed by atoms with Crippen molar-refractivity contribution in [2.45, 2.75) is 0 Å². The number of carbonyl (C=O) groups is 1. The van der Waals surface area contributed by atoms with Crippen LogP contribution in [0.3, 0.4) is 0 Å². The van der Waals surface area contributed by atoms with Gasteiger partial charge in [-0.25, -0.2) is 0 Å². The standard InChI is InChI=1S/C11H15BrN2O3/c12-10-8(2-1-3-9(10)13)11(17)14(4-6-15)5-7-16/h1-3,15-16H,4-7,13H2. The molecule has 1 aromatic carbocycles. The molecular weight excluding hydrogens is 288 g/mol. The second-order valence-corrected chi connectivity index (χ2v) is 4.24. The molecule has 0 bridgehead atoms. The highest BCUT2D eigenvalue weighted by molar-refractivity contribution is 9.10. The van der Waals surface area contributed by atoms with Gasteiger partial charge in [-0.3, -0.25) is 4.79 Å². The van der Waals surface area contributed by atoms with E-state index in [0.29, 0.717) is 15.7 Å². The van der Waals surface area contributed by atoms with Crippen LogP contribution in [0, 0.1) is 0 Å². The maximum absolute atomic E-state index is 12.1. The molecule has 0 saturated heterocycles. The van der Waals surface area contributed by atoms with E-state index in [1.807, 2.05) is 0 Å². The largest absolute Gasteiger partial charge is 0.398 e. The van der Waals surface area contributed by atoms with Gasteiger partial charge in [-0.15, -0.1) is 0 Å². The number of aliphatic hydroxyl groups is 2. The van der Waals surface area contributed by atoms with Gasteiger partial charge < -0.3 is 20.8 Å². The summed E-state index contributed by atoms with van der Waals surface area (Å²) in [6.45, 7) is 0.0681. The number of amides is 1. The fourth-order valence-corrected chi connectivity index (χ4v) is 1.88. The van der Waals surface area contributed by atoms with E-state index in [0.717, 1.165) is 0 Å². The number of anilines is 1. The average molecular weight is 303 g/mol. The van der Waals surface area contributed by atoms with Crippen molar-refractivity contribution in [3.63, 3.8) is 0 Å². The molecule has 0 aliphatic carbocycles. The number of hydrogen-bond donors (Lipinski definition) is 3. The summed E-state index contributed by atoms with van der Waals surface area (Å²) >= 11 is 3.25. The quantitative estimate of drug-likeness (QED) is 0.690. The summed E-state index contributed by atoms with van der Waals surface area (Å²) in [6, 6.07) is 5.01. The van der Waals surface area contributed by atoms with Gasteiger partial charge in [0.15, 0.2) is 0 Å². The van der Waals surface area contributed by atoms with Gasteiger partial charge in [0.25, 0.3) is 5.91 Å². The first kappa shape index (κ1) is 14.0. The van der Waals surface area contributed by atoms with Gasteiger partial charge in [-0.2, -0.15) is 0 Å². The summed E-state index contributed by atoms with van der Waals surface area (Å²) in [7, 11) is 0. The molecule has 0 heterocycles. The Morgan fingerprint density at radius 2 is 1.88 bits per heavy atom. The fraction of sp³-hybridized carbons (Fsp3) is 0.364. The van der Waals surface area contributed by atoms with Crippen LogP contribution < -0.4 is 5.73 Å². The molecule has 0 fully saturated rings. The summed E-state index contributed by atoms with van der Waals surface area (Å²) in [6.07, 6.45) is 0. The van der Waals surface area contributed by atoms with Gasteiger partial charge in [-0.05, 0) is 28.1 Å².